The summed E-state index contributed by atoms with van der Waals surface area (Å²) < 4.78 is 3.81. The smallest absolute Gasteiger partial charge is 0.145 e. The van der Waals surface area contributed by atoms with E-state index in [2.05, 4.69) is 39.5 Å². The Hall–Kier alpha value is -3.26. The molecule has 0 unspecified atom stereocenters. The first kappa shape index (κ1) is 21.0. The van der Waals surface area contributed by atoms with Crippen molar-refractivity contribution in [3.63, 3.8) is 0 Å². The number of aromatic nitrogens is 4. The molecule has 0 saturated carbocycles. The van der Waals surface area contributed by atoms with Gasteiger partial charge < -0.3 is 14.8 Å². The zero-order valence-corrected chi connectivity index (χ0v) is 18.8. The fraction of sp³-hybridized carbons (Fsp3) is 0.391. The minimum Gasteiger partial charge on any atom is -0.368 e. The Balaban J connectivity index is 1.77. The highest BCUT2D eigenvalue weighted by atomic mass is 16.1. The van der Waals surface area contributed by atoms with Crippen LogP contribution >= 0.6 is 0 Å². The van der Waals surface area contributed by atoms with Gasteiger partial charge in [-0.25, -0.2) is 9.51 Å². The van der Waals surface area contributed by atoms with Crippen LogP contribution in [0, 0.1) is 20.8 Å². The maximum absolute atomic E-state index is 11.4. The molecule has 0 aromatic carbocycles. The van der Waals surface area contributed by atoms with Gasteiger partial charge in [0.05, 0.1) is 34.5 Å². The molecular formula is C23H29N7O. The molecule has 1 atom stereocenters. The van der Waals surface area contributed by atoms with Gasteiger partial charge in [-0.3, -0.25) is 9.78 Å². The van der Waals surface area contributed by atoms with E-state index < -0.39 is 0 Å². The summed E-state index contributed by atoms with van der Waals surface area (Å²) in [5.74, 6) is 0. The van der Waals surface area contributed by atoms with E-state index in [4.69, 9.17) is 4.99 Å². The first-order valence-corrected chi connectivity index (χ1v) is 10.6. The molecule has 1 saturated heterocycles. The van der Waals surface area contributed by atoms with Crippen LogP contribution in [0.25, 0.3) is 11.2 Å². The number of anilines is 1. The van der Waals surface area contributed by atoms with E-state index in [-0.39, 0.29) is 0 Å². The number of fused-ring (bicyclic) bond motifs is 1. The van der Waals surface area contributed by atoms with Crippen LogP contribution in [-0.4, -0.2) is 51.1 Å². The van der Waals surface area contributed by atoms with E-state index in [0.29, 0.717) is 17.4 Å². The number of rotatable bonds is 4. The van der Waals surface area contributed by atoms with Crippen molar-refractivity contribution in [1.82, 2.24) is 24.5 Å². The largest absolute Gasteiger partial charge is 0.368 e. The minimum atomic E-state index is 0.461. The van der Waals surface area contributed by atoms with Crippen molar-refractivity contribution < 1.29 is 4.79 Å². The van der Waals surface area contributed by atoms with Crippen molar-refractivity contribution in [3.8, 4) is 0 Å². The predicted molar refractivity (Wildman–Crippen MR) is 122 cm³/mol. The van der Waals surface area contributed by atoms with Gasteiger partial charge in [0.1, 0.15) is 17.5 Å². The van der Waals surface area contributed by atoms with E-state index in [1.807, 2.05) is 44.6 Å². The van der Waals surface area contributed by atoms with E-state index in [1.165, 1.54) is 11.8 Å². The van der Waals surface area contributed by atoms with Gasteiger partial charge in [0.15, 0.2) is 0 Å². The highest BCUT2D eigenvalue weighted by molar-refractivity contribution is 5.81. The van der Waals surface area contributed by atoms with Gasteiger partial charge in [0.25, 0.3) is 0 Å². The zero-order chi connectivity index (χ0) is 22.1. The van der Waals surface area contributed by atoms with Crippen LogP contribution < -0.4 is 15.7 Å². The molecule has 3 aromatic rings. The predicted octanol–water partition coefficient (Wildman–Crippen LogP) is 1.93. The molecule has 0 amide bonds. The molecule has 162 valence electrons. The van der Waals surface area contributed by atoms with Crippen molar-refractivity contribution in [3.05, 3.63) is 58.7 Å². The van der Waals surface area contributed by atoms with Crippen molar-refractivity contribution in [2.45, 2.75) is 33.7 Å². The Labute approximate surface area is 181 Å². The number of hydrogen-bond acceptors (Lipinski definition) is 6. The Morgan fingerprint density at radius 3 is 2.77 bits per heavy atom. The molecule has 0 radical (unpaired) electrons. The lowest BCUT2D eigenvalue weighted by Gasteiger charge is -2.34. The molecule has 1 N–H and O–H groups in total. The van der Waals surface area contributed by atoms with Crippen molar-refractivity contribution in [1.29, 1.82) is 0 Å². The zero-order valence-electron chi connectivity index (χ0n) is 18.8. The van der Waals surface area contributed by atoms with Gasteiger partial charge in [-0.05, 0) is 45.4 Å². The first-order chi connectivity index (χ1) is 14.9. The molecule has 4 rings (SSSR count). The molecule has 8 heteroatoms. The number of nitrogens with zero attached hydrogens (tertiary/aromatic N) is 6. The van der Waals surface area contributed by atoms with Crippen LogP contribution in [0.15, 0.2) is 35.6 Å². The summed E-state index contributed by atoms with van der Waals surface area (Å²) in [5, 5.41) is 8.12. The molecule has 1 aliphatic heterocycles. The summed E-state index contributed by atoms with van der Waals surface area (Å²) in [4.78, 5) is 23.1. The number of pyridine rings is 1. The third-order valence-electron chi connectivity index (χ3n) is 5.59. The van der Waals surface area contributed by atoms with Gasteiger partial charge >= 0.3 is 0 Å². The Morgan fingerprint density at radius 2 is 2.06 bits per heavy atom. The van der Waals surface area contributed by atoms with Crippen molar-refractivity contribution in [2.24, 2.45) is 12.0 Å². The van der Waals surface area contributed by atoms with Gasteiger partial charge in [0, 0.05) is 45.0 Å². The molecule has 0 bridgehead atoms. The van der Waals surface area contributed by atoms with E-state index >= 15 is 0 Å². The quantitative estimate of drug-likeness (QED) is 0.516. The van der Waals surface area contributed by atoms with E-state index in [0.717, 1.165) is 53.9 Å². The lowest BCUT2D eigenvalue weighted by atomic mass is 10.2. The fourth-order valence-electron chi connectivity index (χ4n) is 4.14. The number of nitrogens with one attached hydrogen (secondary N) is 1. The highest BCUT2D eigenvalue weighted by Crippen LogP contribution is 2.19. The number of allylic oxidation sites excluding steroid dienone is 1. The number of piperazine rings is 1. The standard InChI is InChI=1S/C23H29N7O/c1-15-10-19(29-8-7-24-16(2)12-29)14-28(5)23(15)26-20(6-9-31)21-11-22-18(4)25-17(3)13-30(22)27-21/h6,9-11,13-14,16,24H,7-8,12H2,1-5H3/b20-6-,26-23-/t16-/m1/s1. The van der Waals surface area contributed by atoms with Crippen molar-refractivity contribution in [2.75, 3.05) is 24.5 Å². The number of carbonyl (C=O) groups excluding carboxylic acids is 1. The molecule has 31 heavy (non-hydrogen) atoms. The van der Waals surface area contributed by atoms with Gasteiger partial charge in [-0.2, -0.15) is 5.10 Å². The molecule has 0 spiro atoms. The number of hydrogen-bond donors (Lipinski definition) is 1. The monoisotopic (exact) mass is 419 g/mol. The Morgan fingerprint density at radius 1 is 1.26 bits per heavy atom. The highest BCUT2D eigenvalue weighted by Gasteiger charge is 2.17. The Kier molecular flexibility index (Phi) is 5.73. The lowest BCUT2D eigenvalue weighted by Crippen LogP contribution is -2.49. The number of aldehydes is 1. The SMILES string of the molecule is Cc1cn2nc(C(=C/C=O)/N=c3/c(C)cc(N4CCN[C@H](C)C4)cn3C)cc2c(C)n1. The lowest BCUT2D eigenvalue weighted by molar-refractivity contribution is -0.104. The van der Waals surface area contributed by atoms with E-state index in [9.17, 15) is 4.79 Å². The number of aryl methyl sites for hydroxylation is 4. The average Bonchev–Trinajstić information content (AvgIpc) is 3.14. The molecule has 8 nitrogen and oxygen atoms in total. The van der Waals surface area contributed by atoms with Crippen LogP contribution in [0.2, 0.25) is 0 Å². The summed E-state index contributed by atoms with van der Waals surface area (Å²) >= 11 is 0. The van der Waals surface area contributed by atoms with Gasteiger partial charge in [-0.15, -0.1) is 0 Å². The van der Waals surface area contributed by atoms with E-state index in [1.54, 1.807) is 4.52 Å². The summed E-state index contributed by atoms with van der Waals surface area (Å²) in [7, 11) is 1.99. The fourth-order valence-corrected chi connectivity index (χ4v) is 4.14. The molecular weight excluding hydrogens is 390 g/mol. The van der Waals surface area contributed by atoms with Crippen LogP contribution in [0.3, 0.4) is 0 Å². The molecule has 4 heterocycles. The normalized spacial score (nSPS) is 18.1. The maximum Gasteiger partial charge on any atom is 0.145 e. The first-order valence-electron chi connectivity index (χ1n) is 10.6. The topological polar surface area (TPSA) is 79.8 Å². The third kappa shape index (κ3) is 4.29. The maximum atomic E-state index is 11.4. The molecule has 0 aliphatic carbocycles. The second kappa shape index (κ2) is 8.47. The van der Waals surface area contributed by atoms with Crippen LogP contribution in [0.5, 0.6) is 0 Å². The van der Waals surface area contributed by atoms with Crippen LogP contribution in [0.1, 0.15) is 29.6 Å². The van der Waals surface area contributed by atoms with Crippen molar-refractivity contribution >= 4 is 23.2 Å². The van der Waals surface area contributed by atoms with Gasteiger partial charge in [0.2, 0.25) is 0 Å². The summed E-state index contributed by atoms with van der Waals surface area (Å²) in [5.41, 5.74) is 6.86. The van der Waals surface area contributed by atoms with Crippen LogP contribution in [-0.2, 0) is 11.8 Å². The Bertz CT molecular complexity index is 1210. The number of carbonyl (C=O) groups is 1. The molecule has 1 aliphatic rings. The summed E-state index contributed by atoms with van der Waals surface area (Å²) in [6.45, 7) is 11.1. The minimum absolute atomic E-state index is 0.461. The second-order valence-corrected chi connectivity index (χ2v) is 8.24. The second-order valence-electron chi connectivity index (χ2n) is 8.24. The van der Waals surface area contributed by atoms with Gasteiger partial charge in [-0.1, -0.05) is 0 Å². The molecule has 1 fully saturated rings. The molecule has 3 aromatic heterocycles. The summed E-state index contributed by atoms with van der Waals surface area (Å²) in [6.07, 6.45) is 6.19. The average molecular weight is 420 g/mol. The van der Waals surface area contributed by atoms with Crippen LogP contribution in [0.4, 0.5) is 5.69 Å². The summed E-state index contributed by atoms with van der Waals surface area (Å²) in [6, 6.07) is 4.55. The third-order valence-corrected chi connectivity index (χ3v) is 5.59.